The van der Waals surface area contributed by atoms with Gasteiger partial charge in [0.15, 0.2) is 0 Å². The van der Waals surface area contributed by atoms with E-state index in [4.69, 9.17) is 0 Å². The zero-order valence-electron chi connectivity index (χ0n) is 11.5. The van der Waals surface area contributed by atoms with Crippen LogP contribution in [0.3, 0.4) is 0 Å². The second kappa shape index (κ2) is 4.48. The minimum atomic E-state index is -0.763. The molecule has 0 aromatic carbocycles. The van der Waals surface area contributed by atoms with E-state index in [-0.39, 0.29) is 17.9 Å². The maximum Gasteiger partial charge on any atom is 0.0908 e. The number of hydrogen-bond donors (Lipinski definition) is 3. The predicted molar refractivity (Wildman–Crippen MR) is 71.0 cm³/mol. The maximum absolute atomic E-state index is 10.9. The predicted octanol–water partition coefficient (Wildman–Crippen LogP) is 1.78. The summed E-state index contributed by atoms with van der Waals surface area (Å²) in [5.41, 5.74) is 0.977. The summed E-state index contributed by atoms with van der Waals surface area (Å²) >= 11 is 0. The molecule has 0 bridgehead atoms. The third-order valence-corrected chi connectivity index (χ3v) is 4.83. The lowest BCUT2D eigenvalue weighted by molar-refractivity contribution is -0.193. The second-order valence-electron chi connectivity index (χ2n) is 6.47. The molecule has 102 valence electrons. The summed E-state index contributed by atoms with van der Waals surface area (Å²) in [6.07, 6.45) is 5.19. The third kappa shape index (κ3) is 2.04. The smallest absolute Gasteiger partial charge is 0.0908 e. The molecular formula is C15H24O3. The van der Waals surface area contributed by atoms with Crippen LogP contribution in [0.15, 0.2) is 23.3 Å². The second-order valence-corrected chi connectivity index (χ2v) is 6.47. The minimum absolute atomic E-state index is 0.0218. The van der Waals surface area contributed by atoms with Gasteiger partial charge in [0.05, 0.1) is 18.3 Å². The first-order valence-electron chi connectivity index (χ1n) is 6.69. The molecule has 0 amide bonds. The fourth-order valence-electron chi connectivity index (χ4n) is 3.46. The summed E-state index contributed by atoms with van der Waals surface area (Å²) in [6.45, 7) is 6.04. The molecule has 0 aliphatic heterocycles. The number of rotatable bonds is 1. The monoisotopic (exact) mass is 252 g/mol. The van der Waals surface area contributed by atoms with E-state index in [0.717, 1.165) is 24.0 Å². The van der Waals surface area contributed by atoms with E-state index in [1.54, 1.807) is 12.2 Å². The molecule has 1 saturated carbocycles. The van der Waals surface area contributed by atoms with E-state index >= 15 is 0 Å². The van der Waals surface area contributed by atoms with Crippen LogP contribution in [0.2, 0.25) is 0 Å². The average Bonchev–Trinajstić information content (AvgIpc) is 2.32. The van der Waals surface area contributed by atoms with Gasteiger partial charge in [-0.3, -0.25) is 0 Å². The summed E-state index contributed by atoms with van der Waals surface area (Å²) in [5, 5.41) is 30.3. The van der Waals surface area contributed by atoms with Crippen molar-refractivity contribution in [3.05, 3.63) is 23.3 Å². The van der Waals surface area contributed by atoms with Gasteiger partial charge in [0, 0.05) is 5.92 Å². The Labute approximate surface area is 109 Å². The highest BCUT2D eigenvalue weighted by Crippen LogP contribution is 2.59. The first-order valence-corrected chi connectivity index (χ1v) is 6.69. The summed E-state index contributed by atoms with van der Waals surface area (Å²) in [4.78, 5) is 0. The van der Waals surface area contributed by atoms with Crippen molar-refractivity contribution < 1.29 is 15.3 Å². The molecule has 3 nitrogen and oxygen atoms in total. The molecule has 0 saturated heterocycles. The van der Waals surface area contributed by atoms with Gasteiger partial charge in [-0.2, -0.15) is 0 Å². The summed E-state index contributed by atoms with van der Waals surface area (Å²) < 4.78 is 0. The molecule has 2 aliphatic rings. The Morgan fingerprint density at radius 3 is 2.56 bits per heavy atom. The summed E-state index contributed by atoms with van der Waals surface area (Å²) in [7, 11) is 0. The lowest BCUT2D eigenvalue weighted by Crippen LogP contribution is -2.62. The van der Waals surface area contributed by atoms with Crippen LogP contribution in [0.1, 0.15) is 40.0 Å². The van der Waals surface area contributed by atoms with Crippen LogP contribution in [0.5, 0.6) is 0 Å². The molecule has 2 aliphatic carbocycles. The van der Waals surface area contributed by atoms with Gasteiger partial charge in [-0.15, -0.1) is 0 Å². The van der Waals surface area contributed by atoms with Crippen molar-refractivity contribution >= 4 is 0 Å². The van der Waals surface area contributed by atoms with Crippen LogP contribution >= 0.6 is 0 Å². The Bertz CT molecular complexity index is 395. The molecular weight excluding hydrogens is 228 g/mol. The topological polar surface area (TPSA) is 60.7 Å². The van der Waals surface area contributed by atoms with Crippen molar-refractivity contribution in [1.82, 2.24) is 0 Å². The van der Waals surface area contributed by atoms with Gasteiger partial charge in [-0.05, 0) is 37.2 Å². The largest absolute Gasteiger partial charge is 0.392 e. The number of aliphatic hydroxyl groups is 3. The molecule has 1 fully saturated rings. The molecule has 18 heavy (non-hydrogen) atoms. The van der Waals surface area contributed by atoms with Crippen molar-refractivity contribution in [3.8, 4) is 0 Å². The number of hydrogen-bond acceptors (Lipinski definition) is 3. The third-order valence-electron chi connectivity index (χ3n) is 4.83. The zero-order chi connectivity index (χ0) is 13.6. The fourth-order valence-corrected chi connectivity index (χ4v) is 3.46. The van der Waals surface area contributed by atoms with Crippen molar-refractivity contribution in [2.45, 2.75) is 51.7 Å². The molecule has 0 radical (unpaired) electrons. The Morgan fingerprint density at radius 1 is 1.33 bits per heavy atom. The molecule has 3 N–H and O–H groups in total. The first kappa shape index (κ1) is 13.8. The number of fused-ring (bicyclic) bond motifs is 1. The van der Waals surface area contributed by atoms with E-state index in [1.807, 2.05) is 6.92 Å². The highest BCUT2D eigenvalue weighted by Gasteiger charge is 2.59. The molecule has 2 rings (SSSR count). The van der Waals surface area contributed by atoms with E-state index in [9.17, 15) is 15.3 Å². The standard InChI is InChI=1S/C15H24O3/c1-10-4-5-15(18)13(8-14(15,2)3)11(9-16)7-12(17)6-10/h6-7,12-13,16-18H,4-5,8-9H2,1-3H3/t12-,13-,15+/m1/s1. The summed E-state index contributed by atoms with van der Waals surface area (Å²) in [5.74, 6) is -0.0218. The Kier molecular flexibility index (Phi) is 3.43. The van der Waals surface area contributed by atoms with Gasteiger partial charge in [0.2, 0.25) is 0 Å². The van der Waals surface area contributed by atoms with Crippen LogP contribution in [0.25, 0.3) is 0 Å². The van der Waals surface area contributed by atoms with E-state index < -0.39 is 11.7 Å². The molecule has 0 unspecified atom stereocenters. The lowest BCUT2D eigenvalue weighted by Gasteiger charge is -2.59. The normalized spacial score (nSPS) is 39.4. The molecule has 0 heterocycles. The van der Waals surface area contributed by atoms with E-state index in [2.05, 4.69) is 13.8 Å². The summed E-state index contributed by atoms with van der Waals surface area (Å²) in [6, 6.07) is 0. The maximum atomic E-state index is 10.9. The van der Waals surface area contributed by atoms with E-state index in [0.29, 0.717) is 6.42 Å². The van der Waals surface area contributed by atoms with Gasteiger partial charge in [-0.25, -0.2) is 0 Å². The van der Waals surface area contributed by atoms with Crippen molar-refractivity contribution in [2.75, 3.05) is 6.61 Å². The van der Waals surface area contributed by atoms with Gasteiger partial charge in [-0.1, -0.05) is 31.6 Å². The van der Waals surface area contributed by atoms with E-state index in [1.165, 1.54) is 0 Å². The minimum Gasteiger partial charge on any atom is -0.392 e. The Hall–Kier alpha value is -0.640. The zero-order valence-corrected chi connectivity index (χ0v) is 11.5. The average molecular weight is 252 g/mol. The molecule has 3 atom stereocenters. The van der Waals surface area contributed by atoms with Crippen LogP contribution in [-0.2, 0) is 0 Å². The van der Waals surface area contributed by atoms with Crippen LogP contribution in [-0.4, -0.2) is 33.6 Å². The highest BCUT2D eigenvalue weighted by atomic mass is 16.3. The lowest BCUT2D eigenvalue weighted by atomic mass is 9.49. The molecule has 0 spiro atoms. The van der Waals surface area contributed by atoms with Crippen LogP contribution < -0.4 is 0 Å². The highest BCUT2D eigenvalue weighted by molar-refractivity contribution is 5.28. The quantitative estimate of drug-likeness (QED) is 0.623. The first-order chi connectivity index (χ1) is 8.30. The number of allylic oxidation sites excluding steroid dienone is 1. The van der Waals surface area contributed by atoms with Gasteiger partial charge in [0.1, 0.15) is 0 Å². The van der Waals surface area contributed by atoms with Crippen LogP contribution in [0.4, 0.5) is 0 Å². The van der Waals surface area contributed by atoms with Gasteiger partial charge in [0.25, 0.3) is 0 Å². The molecule has 3 heteroatoms. The Balaban J connectivity index is 2.37. The van der Waals surface area contributed by atoms with Crippen LogP contribution in [0, 0.1) is 11.3 Å². The fraction of sp³-hybridized carbons (Fsp3) is 0.733. The van der Waals surface area contributed by atoms with Crippen molar-refractivity contribution in [1.29, 1.82) is 0 Å². The van der Waals surface area contributed by atoms with Gasteiger partial charge >= 0.3 is 0 Å². The molecule has 0 aromatic rings. The SMILES string of the molecule is CC1=C[C@@H](O)C=C(CO)[C@H]2CC(C)(C)[C@]2(O)CC1. The van der Waals surface area contributed by atoms with Crippen molar-refractivity contribution in [3.63, 3.8) is 0 Å². The molecule has 0 aromatic heterocycles. The van der Waals surface area contributed by atoms with Crippen molar-refractivity contribution in [2.24, 2.45) is 11.3 Å². The van der Waals surface area contributed by atoms with Gasteiger partial charge < -0.3 is 15.3 Å². The Morgan fingerprint density at radius 2 is 2.00 bits per heavy atom. The number of aliphatic hydroxyl groups excluding tert-OH is 2.